The molecule has 0 saturated carbocycles. The molecule has 114 valence electrons. The normalized spacial score (nSPS) is 10.1. The Balaban J connectivity index is 1.72. The van der Waals surface area contributed by atoms with Crippen LogP contribution in [0.25, 0.3) is 11.3 Å². The third-order valence-electron chi connectivity index (χ3n) is 3.30. The number of benzene rings is 1. The van der Waals surface area contributed by atoms with Gasteiger partial charge in [-0.3, -0.25) is 9.78 Å². The third-order valence-corrected chi connectivity index (χ3v) is 3.30. The number of hydrogen-bond donors (Lipinski definition) is 1. The molecule has 0 saturated heterocycles. The number of ether oxygens (including phenoxy) is 1. The van der Waals surface area contributed by atoms with Crippen molar-refractivity contribution in [1.29, 1.82) is 0 Å². The fourth-order valence-electron chi connectivity index (χ4n) is 2.09. The number of nitrogens with zero attached hydrogens (tertiary/aromatic N) is 2. The van der Waals surface area contributed by atoms with Gasteiger partial charge in [0.1, 0.15) is 0 Å². The summed E-state index contributed by atoms with van der Waals surface area (Å²) in [6, 6.07) is 16.8. The van der Waals surface area contributed by atoms with Crippen LogP contribution in [0.15, 0.2) is 67.0 Å². The molecule has 0 fully saturated rings. The number of aromatic nitrogens is 2. The smallest absolute Gasteiger partial charge is 0.257 e. The maximum atomic E-state index is 12.2. The Kier molecular flexibility index (Phi) is 4.29. The van der Waals surface area contributed by atoms with E-state index in [9.17, 15) is 4.79 Å². The molecule has 0 bridgehead atoms. The first kappa shape index (κ1) is 14.7. The van der Waals surface area contributed by atoms with Crippen molar-refractivity contribution in [3.63, 3.8) is 0 Å². The van der Waals surface area contributed by atoms with Crippen LogP contribution in [0.5, 0.6) is 5.88 Å². The Morgan fingerprint density at radius 3 is 2.39 bits per heavy atom. The van der Waals surface area contributed by atoms with E-state index in [0.717, 1.165) is 11.3 Å². The number of anilines is 1. The number of pyridine rings is 2. The van der Waals surface area contributed by atoms with Crippen molar-refractivity contribution in [3.05, 3.63) is 72.6 Å². The molecule has 0 radical (unpaired) electrons. The predicted octanol–water partition coefficient (Wildman–Crippen LogP) is 3.40. The van der Waals surface area contributed by atoms with E-state index in [0.29, 0.717) is 17.1 Å². The van der Waals surface area contributed by atoms with Gasteiger partial charge in [0.15, 0.2) is 0 Å². The Labute approximate surface area is 134 Å². The third kappa shape index (κ3) is 3.52. The van der Waals surface area contributed by atoms with Gasteiger partial charge in [0.2, 0.25) is 5.88 Å². The Morgan fingerprint density at radius 2 is 1.78 bits per heavy atom. The molecule has 3 rings (SSSR count). The molecule has 5 nitrogen and oxygen atoms in total. The summed E-state index contributed by atoms with van der Waals surface area (Å²) in [5, 5.41) is 2.77. The second-order valence-electron chi connectivity index (χ2n) is 4.84. The first-order chi connectivity index (χ1) is 11.3. The number of methoxy groups -OCH3 is 1. The largest absolute Gasteiger partial charge is 0.481 e. The van der Waals surface area contributed by atoms with Crippen LogP contribution in [-0.2, 0) is 0 Å². The summed E-state index contributed by atoms with van der Waals surface area (Å²) in [6.07, 6.45) is 3.11. The van der Waals surface area contributed by atoms with Crippen molar-refractivity contribution in [2.24, 2.45) is 0 Å². The first-order valence-corrected chi connectivity index (χ1v) is 7.09. The van der Waals surface area contributed by atoms with E-state index in [-0.39, 0.29) is 5.91 Å². The lowest BCUT2D eigenvalue weighted by Crippen LogP contribution is -2.12. The average Bonchev–Trinajstić information content (AvgIpc) is 2.63. The van der Waals surface area contributed by atoms with E-state index in [2.05, 4.69) is 15.3 Å². The van der Waals surface area contributed by atoms with E-state index in [4.69, 9.17) is 4.74 Å². The van der Waals surface area contributed by atoms with E-state index in [1.165, 1.54) is 0 Å². The van der Waals surface area contributed by atoms with Crippen LogP contribution < -0.4 is 10.1 Å². The lowest BCUT2D eigenvalue weighted by molar-refractivity contribution is 0.102. The molecule has 0 aliphatic rings. The van der Waals surface area contributed by atoms with E-state index in [1.54, 1.807) is 37.7 Å². The number of carbonyl (C=O) groups is 1. The summed E-state index contributed by atoms with van der Waals surface area (Å²) in [5.41, 5.74) is 2.93. The summed E-state index contributed by atoms with van der Waals surface area (Å²) >= 11 is 0. The van der Waals surface area contributed by atoms with Crippen LogP contribution in [-0.4, -0.2) is 23.0 Å². The highest BCUT2D eigenvalue weighted by Gasteiger charge is 2.08. The van der Waals surface area contributed by atoms with Crippen LogP contribution in [0.1, 0.15) is 10.4 Å². The molecule has 23 heavy (non-hydrogen) atoms. The summed E-state index contributed by atoms with van der Waals surface area (Å²) < 4.78 is 4.98. The van der Waals surface area contributed by atoms with Crippen molar-refractivity contribution >= 4 is 11.6 Å². The minimum Gasteiger partial charge on any atom is -0.481 e. The molecule has 3 aromatic rings. The van der Waals surface area contributed by atoms with E-state index in [1.807, 2.05) is 36.4 Å². The summed E-state index contributed by atoms with van der Waals surface area (Å²) in [4.78, 5) is 20.6. The molecule has 0 aliphatic heterocycles. The van der Waals surface area contributed by atoms with Crippen LogP contribution in [0.4, 0.5) is 5.69 Å². The Bertz CT molecular complexity index is 785. The van der Waals surface area contributed by atoms with Crippen LogP contribution >= 0.6 is 0 Å². The monoisotopic (exact) mass is 305 g/mol. The number of hydrogen-bond acceptors (Lipinski definition) is 4. The standard InChI is InChI=1S/C18H15N3O2/c1-23-17-10-8-15(12-20-17)21-18(22)14-7-9-16(19-11-14)13-5-3-2-4-6-13/h2-12H,1H3,(H,21,22). The molecule has 1 amide bonds. The van der Waals surface area contributed by atoms with Crippen molar-refractivity contribution in [1.82, 2.24) is 9.97 Å². The fourth-order valence-corrected chi connectivity index (χ4v) is 2.09. The zero-order valence-corrected chi connectivity index (χ0v) is 12.6. The van der Waals surface area contributed by atoms with Crippen LogP contribution in [0.3, 0.4) is 0 Å². The van der Waals surface area contributed by atoms with Gasteiger partial charge in [-0.05, 0) is 18.2 Å². The van der Waals surface area contributed by atoms with Gasteiger partial charge in [-0.1, -0.05) is 30.3 Å². The van der Waals surface area contributed by atoms with Crippen molar-refractivity contribution in [2.75, 3.05) is 12.4 Å². The number of nitrogens with one attached hydrogen (secondary N) is 1. The minimum absolute atomic E-state index is 0.232. The molecule has 0 atom stereocenters. The Morgan fingerprint density at radius 1 is 0.957 bits per heavy atom. The van der Waals surface area contributed by atoms with Gasteiger partial charge in [-0.2, -0.15) is 0 Å². The van der Waals surface area contributed by atoms with Gasteiger partial charge in [0.05, 0.1) is 30.3 Å². The predicted molar refractivity (Wildman–Crippen MR) is 88.4 cm³/mol. The summed E-state index contributed by atoms with van der Waals surface area (Å²) in [7, 11) is 1.54. The second-order valence-corrected chi connectivity index (χ2v) is 4.84. The van der Waals surface area contributed by atoms with Gasteiger partial charge in [0, 0.05) is 17.8 Å². The molecule has 1 aromatic carbocycles. The molecule has 2 heterocycles. The number of carbonyl (C=O) groups excluding carboxylic acids is 1. The maximum absolute atomic E-state index is 12.2. The average molecular weight is 305 g/mol. The second kappa shape index (κ2) is 6.70. The Hall–Kier alpha value is -3.21. The molecular weight excluding hydrogens is 290 g/mol. The molecule has 0 spiro atoms. The molecule has 2 aromatic heterocycles. The lowest BCUT2D eigenvalue weighted by Gasteiger charge is -2.06. The quantitative estimate of drug-likeness (QED) is 0.802. The topological polar surface area (TPSA) is 64.1 Å². The fraction of sp³-hybridized carbons (Fsp3) is 0.0556. The first-order valence-electron chi connectivity index (χ1n) is 7.09. The highest BCUT2D eigenvalue weighted by atomic mass is 16.5. The van der Waals surface area contributed by atoms with Gasteiger partial charge in [-0.15, -0.1) is 0 Å². The molecule has 1 N–H and O–H groups in total. The van der Waals surface area contributed by atoms with Gasteiger partial charge in [0.25, 0.3) is 5.91 Å². The highest BCUT2D eigenvalue weighted by Crippen LogP contribution is 2.17. The van der Waals surface area contributed by atoms with Gasteiger partial charge >= 0.3 is 0 Å². The van der Waals surface area contributed by atoms with Crippen molar-refractivity contribution in [2.45, 2.75) is 0 Å². The van der Waals surface area contributed by atoms with Crippen LogP contribution in [0, 0.1) is 0 Å². The zero-order valence-electron chi connectivity index (χ0n) is 12.6. The molecule has 0 unspecified atom stereocenters. The zero-order chi connectivity index (χ0) is 16.1. The summed E-state index contributed by atoms with van der Waals surface area (Å²) in [6.45, 7) is 0. The highest BCUT2D eigenvalue weighted by molar-refractivity contribution is 6.04. The summed E-state index contributed by atoms with van der Waals surface area (Å²) in [5.74, 6) is 0.265. The van der Waals surface area contributed by atoms with Crippen molar-refractivity contribution in [3.8, 4) is 17.1 Å². The van der Waals surface area contributed by atoms with Crippen LogP contribution in [0.2, 0.25) is 0 Å². The number of amides is 1. The lowest BCUT2D eigenvalue weighted by atomic mass is 10.1. The maximum Gasteiger partial charge on any atom is 0.257 e. The minimum atomic E-state index is -0.232. The van der Waals surface area contributed by atoms with Gasteiger partial charge < -0.3 is 10.1 Å². The van der Waals surface area contributed by atoms with Gasteiger partial charge in [-0.25, -0.2) is 4.98 Å². The molecular formula is C18H15N3O2. The van der Waals surface area contributed by atoms with Crippen molar-refractivity contribution < 1.29 is 9.53 Å². The SMILES string of the molecule is COc1ccc(NC(=O)c2ccc(-c3ccccc3)nc2)cn1. The number of rotatable bonds is 4. The van der Waals surface area contributed by atoms with E-state index >= 15 is 0 Å². The molecule has 0 aliphatic carbocycles. The van der Waals surface area contributed by atoms with E-state index < -0.39 is 0 Å². The molecule has 5 heteroatoms.